The zero-order chi connectivity index (χ0) is 14.8. The number of aromatic nitrogens is 1. The Morgan fingerprint density at radius 2 is 1.90 bits per heavy atom. The van der Waals surface area contributed by atoms with Gasteiger partial charge in [0.2, 0.25) is 0 Å². The second kappa shape index (κ2) is 5.96. The lowest BCUT2D eigenvalue weighted by Gasteiger charge is -2.22. The van der Waals surface area contributed by atoms with E-state index in [0.29, 0.717) is 6.04 Å². The van der Waals surface area contributed by atoms with E-state index in [0.717, 1.165) is 5.52 Å². The van der Waals surface area contributed by atoms with Crippen LogP contribution in [-0.2, 0) is 0 Å². The molecule has 2 unspecified atom stereocenters. The van der Waals surface area contributed by atoms with Crippen LogP contribution in [0.4, 0.5) is 0 Å². The minimum Gasteiger partial charge on any atom is -0.304 e. The summed E-state index contributed by atoms with van der Waals surface area (Å²) in [5, 5.41) is 5.77. The molecular formula is C18H20N2S. The normalized spacial score (nSPS) is 14.2. The van der Waals surface area contributed by atoms with Crippen LogP contribution in [-0.4, -0.2) is 4.98 Å². The van der Waals surface area contributed by atoms with Gasteiger partial charge in [0.1, 0.15) is 0 Å². The highest BCUT2D eigenvalue weighted by atomic mass is 32.1. The van der Waals surface area contributed by atoms with Gasteiger partial charge in [-0.1, -0.05) is 24.3 Å². The lowest BCUT2D eigenvalue weighted by molar-refractivity contribution is 0.493. The minimum absolute atomic E-state index is 0.276. The number of pyridine rings is 1. The van der Waals surface area contributed by atoms with Crippen LogP contribution in [0.3, 0.4) is 0 Å². The van der Waals surface area contributed by atoms with Gasteiger partial charge in [-0.3, -0.25) is 4.98 Å². The molecule has 0 saturated heterocycles. The van der Waals surface area contributed by atoms with Gasteiger partial charge in [-0.25, -0.2) is 0 Å². The summed E-state index contributed by atoms with van der Waals surface area (Å²) in [5.74, 6) is 0. The van der Waals surface area contributed by atoms with E-state index in [2.05, 4.69) is 72.9 Å². The van der Waals surface area contributed by atoms with E-state index in [4.69, 9.17) is 0 Å². The summed E-state index contributed by atoms with van der Waals surface area (Å²) in [6.07, 6.45) is 1.98. The van der Waals surface area contributed by atoms with Crippen molar-refractivity contribution < 1.29 is 0 Å². The molecular weight excluding hydrogens is 276 g/mol. The summed E-state index contributed by atoms with van der Waals surface area (Å²) >= 11 is 1.75. The number of fused-ring (bicyclic) bond motifs is 1. The smallest absolute Gasteiger partial charge is 0.0809 e. The van der Waals surface area contributed by atoms with Crippen molar-refractivity contribution in [2.75, 3.05) is 0 Å². The predicted molar refractivity (Wildman–Crippen MR) is 90.8 cm³/mol. The molecule has 0 saturated carbocycles. The third-order valence-electron chi connectivity index (χ3n) is 3.98. The highest BCUT2D eigenvalue weighted by Crippen LogP contribution is 2.25. The van der Waals surface area contributed by atoms with Crippen LogP contribution in [0.1, 0.15) is 42.6 Å². The molecule has 1 N–H and O–H groups in total. The largest absolute Gasteiger partial charge is 0.304 e. The van der Waals surface area contributed by atoms with Crippen LogP contribution in [0.2, 0.25) is 0 Å². The number of nitrogens with one attached hydrogen (secondary N) is 1. The molecule has 0 amide bonds. The standard InChI is InChI=1S/C18H20N2S/c1-12-6-4-5-7-16(12)14(3)20-13(2)15-10-18-17(19-11-15)8-9-21-18/h4-11,13-14,20H,1-3H3. The molecule has 0 fully saturated rings. The summed E-state index contributed by atoms with van der Waals surface area (Å²) < 4.78 is 1.25. The topological polar surface area (TPSA) is 24.9 Å². The molecule has 2 aromatic heterocycles. The zero-order valence-electron chi connectivity index (χ0n) is 12.6. The fourth-order valence-corrected chi connectivity index (χ4v) is 3.52. The number of benzene rings is 1. The highest BCUT2D eigenvalue weighted by molar-refractivity contribution is 7.17. The fraction of sp³-hybridized carbons (Fsp3) is 0.278. The monoisotopic (exact) mass is 296 g/mol. The van der Waals surface area contributed by atoms with E-state index >= 15 is 0 Å². The Morgan fingerprint density at radius 3 is 2.71 bits per heavy atom. The molecule has 0 radical (unpaired) electrons. The number of hydrogen-bond acceptors (Lipinski definition) is 3. The quantitative estimate of drug-likeness (QED) is 0.731. The van der Waals surface area contributed by atoms with E-state index in [1.54, 1.807) is 11.3 Å². The van der Waals surface area contributed by atoms with Gasteiger partial charge in [0.05, 0.1) is 10.2 Å². The Bertz CT molecular complexity index is 748. The van der Waals surface area contributed by atoms with Crippen LogP contribution >= 0.6 is 11.3 Å². The van der Waals surface area contributed by atoms with Crippen molar-refractivity contribution in [3.63, 3.8) is 0 Å². The van der Waals surface area contributed by atoms with Gasteiger partial charge >= 0.3 is 0 Å². The van der Waals surface area contributed by atoms with Gasteiger partial charge in [-0.2, -0.15) is 0 Å². The molecule has 2 nitrogen and oxygen atoms in total. The van der Waals surface area contributed by atoms with Crippen LogP contribution in [0.5, 0.6) is 0 Å². The maximum atomic E-state index is 4.53. The molecule has 1 aromatic carbocycles. The van der Waals surface area contributed by atoms with Crippen molar-refractivity contribution in [1.82, 2.24) is 10.3 Å². The summed E-state index contributed by atoms with van der Waals surface area (Å²) in [5.41, 5.74) is 5.01. The third kappa shape index (κ3) is 2.99. The number of hydrogen-bond donors (Lipinski definition) is 1. The molecule has 0 aliphatic rings. The Kier molecular flexibility index (Phi) is 4.04. The van der Waals surface area contributed by atoms with Crippen molar-refractivity contribution >= 4 is 21.6 Å². The van der Waals surface area contributed by atoms with Crippen LogP contribution in [0.25, 0.3) is 10.2 Å². The SMILES string of the molecule is Cc1ccccc1C(C)NC(C)c1cnc2ccsc2c1. The minimum atomic E-state index is 0.276. The number of thiophene rings is 1. The first-order chi connectivity index (χ1) is 10.1. The second-order valence-electron chi connectivity index (χ2n) is 5.54. The molecule has 0 bridgehead atoms. The average molecular weight is 296 g/mol. The lowest BCUT2D eigenvalue weighted by atomic mass is 10.0. The van der Waals surface area contributed by atoms with Crippen molar-refractivity contribution in [2.45, 2.75) is 32.9 Å². The molecule has 2 atom stereocenters. The molecule has 108 valence electrons. The van der Waals surface area contributed by atoms with Crippen LogP contribution < -0.4 is 5.32 Å². The number of rotatable bonds is 4. The van der Waals surface area contributed by atoms with Gasteiger partial charge in [-0.05, 0) is 55.0 Å². The maximum absolute atomic E-state index is 4.53. The lowest BCUT2D eigenvalue weighted by Crippen LogP contribution is -2.23. The molecule has 21 heavy (non-hydrogen) atoms. The molecule has 0 aliphatic carbocycles. The fourth-order valence-electron chi connectivity index (χ4n) is 2.73. The van der Waals surface area contributed by atoms with E-state index < -0.39 is 0 Å². The van der Waals surface area contributed by atoms with Crippen LogP contribution in [0.15, 0.2) is 48.0 Å². The molecule has 0 aliphatic heterocycles. The Morgan fingerprint density at radius 1 is 1.10 bits per heavy atom. The molecule has 3 aromatic rings. The van der Waals surface area contributed by atoms with Gasteiger partial charge in [0.25, 0.3) is 0 Å². The van der Waals surface area contributed by atoms with Gasteiger partial charge in [0, 0.05) is 18.3 Å². The second-order valence-corrected chi connectivity index (χ2v) is 6.49. The maximum Gasteiger partial charge on any atom is 0.0809 e. The molecule has 0 spiro atoms. The third-order valence-corrected chi connectivity index (χ3v) is 4.83. The first-order valence-electron chi connectivity index (χ1n) is 7.30. The predicted octanol–water partition coefficient (Wildman–Crippen LogP) is 5.02. The summed E-state index contributed by atoms with van der Waals surface area (Å²) in [6.45, 7) is 6.58. The summed E-state index contributed by atoms with van der Waals surface area (Å²) in [7, 11) is 0. The number of nitrogens with zero attached hydrogens (tertiary/aromatic N) is 1. The van der Waals surface area contributed by atoms with Gasteiger partial charge in [-0.15, -0.1) is 11.3 Å². The first kappa shape index (κ1) is 14.2. The molecule has 3 heteroatoms. The summed E-state index contributed by atoms with van der Waals surface area (Å²) in [4.78, 5) is 4.53. The summed E-state index contributed by atoms with van der Waals surface area (Å²) in [6, 6.07) is 13.5. The Labute approximate surface area is 129 Å². The zero-order valence-corrected chi connectivity index (χ0v) is 13.4. The van der Waals surface area contributed by atoms with E-state index in [1.807, 2.05) is 6.20 Å². The highest BCUT2D eigenvalue weighted by Gasteiger charge is 2.13. The molecule has 3 rings (SSSR count). The van der Waals surface area contributed by atoms with Crippen molar-refractivity contribution in [1.29, 1.82) is 0 Å². The van der Waals surface area contributed by atoms with Gasteiger partial charge < -0.3 is 5.32 Å². The Hall–Kier alpha value is -1.71. The van der Waals surface area contributed by atoms with Crippen molar-refractivity contribution in [2.24, 2.45) is 0 Å². The van der Waals surface area contributed by atoms with Crippen LogP contribution in [0, 0.1) is 6.92 Å². The van der Waals surface area contributed by atoms with E-state index in [1.165, 1.54) is 21.4 Å². The molecule has 2 heterocycles. The van der Waals surface area contributed by atoms with Gasteiger partial charge in [0.15, 0.2) is 0 Å². The Balaban J connectivity index is 1.79. The first-order valence-corrected chi connectivity index (χ1v) is 8.18. The average Bonchev–Trinajstić information content (AvgIpc) is 2.94. The van der Waals surface area contributed by atoms with E-state index in [9.17, 15) is 0 Å². The van der Waals surface area contributed by atoms with Crippen molar-refractivity contribution in [3.8, 4) is 0 Å². The van der Waals surface area contributed by atoms with E-state index in [-0.39, 0.29) is 6.04 Å². The number of aryl methyl sites for hydroxylation is 1. The van der Waals surface area contributed by atoms with Crippen molar-refractivity contribution in [3.05, 3.63) is 64.7 Å².